The molecule has 3 rings (SSSR count). The van der Waals surface area contributed by atoms with Gasteiger partial charge in [-0.1, -0.05) is 37.1 Å². The molecule has 1 heterocycles. The molecule has 1 N–H and O–H groups in total. The summed E-state index contributed by atoms with van der Waals surface area (Å²) in [6.07, 6.45) is 3.29. The molecule has 1 fully saturated rings. The monoisotopic (exact) mass is 466 g/mol. The van der Waals surface area contributed by atoms with Gasteiger partial charge in [0, 0.05) is 18.8 Å². The molecule has 1 aliphatic heterocycles. The molecule has 168 valence electrons. The second kappa shape index (κ2) is 10.9. The first-order valence-corrected chi connectivity index (χ1v) is 12.1. The van der Waals surface area contributed by atoms with E-state index >= 15 is 0 Å². The minimum absolute atomic E-state index is 0.0827. The van der Waals surface area contributed by atoms with Crippen molar-refractivity contribution in [3.63, 3.8) is 0 Å². The highest BCUT2D eigenvalue weighted by atomic mass is 35.5. The van der Waals surface area contributed by atoms with Gasteiger partial charge in [0.15, 0.2) is 6.61 Å². The van der Waals surface area contributed by atoms with Crippen molar-refractivity contribution in [2.75, 3.05) is 38.2 Å². The molecule has 0 aromatic heterocycles. The van der Waals surface area contributed by atoms with Crippen LogP contribution in [0.4, 0.5) is 5.69 Å². The molecule has 0 radical (unpaired) electrons. The number of nitrogens with one attached hydrogen (secondary N) is 1. The molecule has 0 saturated carbocycles. The van der Waals surface area contributed by atoms with Crippen molar-refractivity contribution in [3.05, 3.63) is 53.1 Å². The molecule has 0 spiro atoms. The van der Waals surface area contributed by atoms with Crippen LogP contribution in [0.2, 0.25) is 5.02 Å². The quantitative estimate of drug-likeness (QED) is 0.608. The van der Waals surface area contributed by atoms with Gasteiger partial charge in [0.1, 0.15) is 5.75 Å². The molecular weight excluding hydrogens is 440 g/mol. The van der Waals surface area contributed by atoms with Gasteiger partial charge in [-0.2, -0.15) is 4.31 Å². The lowest BCUT2D eigenvalue weighted by Crippen LogP contribution is -2.40. The van der Waals surface area contributed by atoms with E-state index in [2.05, 4.69) is 12.2 Å². The van der Waals surface area contributed by atoms with E-state index < -0.39 is 10.0 Å². The molecule has 0 unspecified atom stereocenters. The third-order valence-corrected chi connectivity index (χ3v) is 7.12. The molecule has 1 aliphatic rings. The second-order valence-corrected chi connectivity index (χ2v) is 9.59. The Kier molecular flexibility index (Phi) is 8.31. The Hall–Kier alpha value is -2.13. The number of sulfonamides is 1. The van der Waals surface area contributed by atoms with E-state index in [1.165, 1.54) is 28.1 Å². The van der Waals surface area contributed by atoms with Gasteiger partial charge in [-0.05, 0) is 48.7 Å². The molecule has 0 atom stereocenters. The zero-order valence-corrected chi connectivity index (χ0v) is 19.0. The number of unbranched alkanes of at least 4 members (excludes halogenated alkanes) is 1. The Morgan fingerprint density at radius 3 is 2.52 bits per heavy atom. The second-order valence-electron chi connectivity index (χ2n) is 7.25. The summed E-state index contributed by atoms with van der Waals surface area (Å²) < 4.78 is 37.5. The van der Waals surface area contributed by atoms with E-state index in [4.69, 9.17) is 21.1 Å². The van der Waals surface area contributed by atoms with Gasteiger partial charge in [-0.15, -0.1) is 0 Å². The summed E-state index contributed by atoms with van der Waals surface area (Å²) in [5, 5.41) is 2.90. The smallest absolute Gasteiger partial charge is 0.262 e. The molecule has 2 aromatic rings. The van der Waals surface area contributed by atoms with E-state index in [0.29, 0.717) is 32.0 Å². The summed E-state index contributed by atoms with van der Waals surface area (Å²) in [4.78, 5) is 12.3. The van der Waals surface area contributed by atoms with Crippen LogP contribution in [0.3, 0.4) is 0 Å². The van der Waals surface area contributed by atoms with Gasteiger partial charge in [-0.3, -0.25) is 4.79 Å². The maximum absolute atomic E-state index is 12.7. The molecule has 31 heavy (non-hydrogen) atoms. The number of amides is 1. The number of carbonyl (C=O) groups is 1. The predicted molar refractivity (Wildman–Crippen MR) is 120 cm³/mol. The molecule has 0 bridgehead atoms. The standard InChI is InChI=1S/C22H27ClN2O5S/c1-2-3-4-17-5-7-18(8-6-17)24-22(26)16-30-21-10-9-19(15-20(21)23)31(27,28)25-11-13-29-14-12-25/h5-10,15H,2-4,11-14,16H2,1H3,(H,24,26). The number of rotatable bonds is 9. The highest BCUT2D eigenvalue weighted by Crippen LogP contribution is 2.29. The van der Waals surface area contributed by atoms with E-state index in [9.17, 15) is 13.2 Å². The minimum Gasteiger partial charge on any atom is -0.482 e. The van der Waals surface area contributed by atoms with Crippen molar-refractivity contribution < 1.29 is 22.7 Å². The molecular formula is C22H27ClN2O5S. The number of benzene rings is 2. The summed E-state index contributed by atoms with van der Waals surface area (Å²) in [6.45, 7) is 3.25. The molecule has 2 aromatic carbocycles. The van der Waals surface area contributed by atoms with Crippen LogP contribution in [0.15, 0.2) is 47.4 Å². The van der Waals surface area contributed by atoms with Gasteiger partial charge in [0.25, 0.3) is 5.91 Å². The lowest BCUT2D eigenvalue weighted by molar-refractivity contribution is -0.118. The highest BCUT2D eigenvalue weighted by molar-refractivity contribution is 7.89. The molecule has 7 nitrogen and oxygen atoms in total. The lowest BCUT2D eigenvalue weighted by atomic mass is 10.1. The van der Waals surface area contributed by atoms with Crippen molar-refractivity contribution in [3.8, 4) is 5.75 Å². The summed E-state index contributed by atoms with van der Waals surface area (Å²) >= 11 is 6.21. The lowest BCUT2D eigenvalue weighted by Gasteiger charge is -2.26. The Balaban J connectivity index is 1.56. The first-order valence-electron chi connectivity index (χ1n) is 10.3. The fraction of sp³-hybridized carbons (Fsp3) is 0.409. The van der Waals surface area contributed by atoms with E-state index in [0.717, 1.165) is 19.3 Å². The maximum atomic E-state index is 12.7. The first kappa shape index (κ1) is 23.5. The fourth-order valence-electron chi connectivity index (χ4n) is 3.17. The largest absolute Gasteiger partial charge is 0.482 e. The Morgan fingerprint density at radius 1 is 1.16 bits per heavy atom. The van der Waals surface area contributed by atoms with Crippen LogP contribution < -0.4 is 10.1 Å². The average molecular weight is 467 g/mol. The summed E-state index contributed by atoms with van der Waals surface area (Å²) in [5.41, 5.74) is 1.92. The van der Waals surface area contributed by atoms with Gasteiger partial charge >= 0.3 is 0 Å². The number of carbonyl (C=O) groups excluding carboxylic acids is 1. The zero-order valence-electron chi connectivity index (χ0n) is 17.5. The number of halogens is 1. The van der Waals surface area contributed by atoms with Crippen LogP contribution >= 0.6 is 11.6 Å². The number of hydrogen-bond acceptors (Lipinski definition) is 5. The summed E-state index contributed by atoms with van der Waals surface area (Å²) in [6, 6.07) is 12.0. The number of anilines is 1. The Bertz CT molecular complexity index is 989. The highest BCUT2D eigenvalue weighted by Gasteiger charge is 2.27. The number of hydrogen-bond donors (Lipinski definition) is 1. The normalized spacial score (nSPS) is 14.9. The third-order valence-electron chi connectivity index (χ3n) is 4.93. The van der Waals surface area contributed by atoms with Crippen LogP contribution in [0.5, 0.6) is 5.75 Å². The zero-order chi connectivity index (χ0) is 22.3. The van der Waals surface area contributed by atoms with Crippen LogP contribution in [0.1, 0.15) is 25.3 Å². The SMILES string of the molecule is CCCCc1ccc(NC(=O)COc2ccc(S(=O)(=O)N3CCOCC3)cc2Cl)cc1. The summed E-state index contributed by atoms with van der Waals surface area (Å²) in [7, 11) is -3.65. The first-order chi connectivity index (χ1) is 14.9. The van der Waals surface area contributed by atoms with Crippen molar-refractivity contribution in [1.29, 1.82) is 0 Å². The van der Waals surface area contributed by atoms with Crippen LogP contribution in [0, 0.1) is 0 Å². The Labute approximate surface area is 188 Å². The number of nitrogens with zero attached hydrogens (tertiary/aromatic N) is 1. The van der Waals surface area contributed by atoms with E-state index in [1.807, 2.05) is 24.3 Å². The molecule has 1 amide bonds. The van der Waals surface area contributed by atoms with Crippen LogP contribution in [0.25, 0.3) is 0 Å². The van der Waals surface area contributed by atoms with Crippen molar-refractivity contribution in [2.24, 2.45) is 0 Å². The van der Waals surface area contributed by atoms with Gasteiger partial charge in [-0.25, -0.2) is 8.42 Å². The van der Waals surface area contributed by atoms with Gasteiger partial charge in [0.05, 0.1) is 23.1 Å². The molecule has 9 heteroatoms. The molecule has 1 saturated heterocycles. The predicted octanol–water partition coefficient (Wildman–Crippen LogP) is 3.72. The third kappa shape index (κ3) is 6.43. The van der Waals surface area contributed by atoms with Gasteiger partial charge < -0.3 is 14.8 Å². The molecule has 0 aliphatic carbocycles. The van der Waals surface area contributed by atoms with Gasteiger partial charge in [0.2, 0.25) is 10.0 Å². The van der Waals surface area contributed by atoms with Crippen molar-refractivity contribution >= 4 is 33.2 Å². The minimum atomic E-state index is -3.65. The van der Waals surface area contributed by atoms with Crippen LogP contribution in [-0.4, -0.2) is 51.5 Å². The summed E-state index contributed by atoms with van der Waals surface area (Å²) in [5.74, 6) is -0.0879. The van der Waals surface area contributed by atoms with Crippen molar-refractivity contribution in [1.82, 2.24) is 4.31 Å². The number of aryl methyl sites for hydroxylation is 1. The number of ether oxygens (including phenoxy) is 2. The average Bonchev–Trinajstić information content (AvgIpc) is 2.78. The topological polar surface area (TPSA) is 84.9 Å². The van der Waals surface area contributed by atoms with E-state index in [1.54, 1.807) is 0 Å². The number of morpholine rings is 1. The van der Waals surface area contributed by atoms with Crippen molar-refractivity contribution in [2.45, 2.75) is 31.1 Å². The van der Waals surface area contributed by atoms with E-state index in [-0.39, 0.29) is 28.2 Å². The maximum Gasteiger partial charge on any atom is 0.262 e. The fourth-order valence-corrected chi connectivity index (χ4v) is 4.91. The van der Waals surface area contributed by atoms with Crippen LogP contribution in [-0.2, 0) is 26.0 Å². The Morgan fingerprint density at radius 2 is 1.87 bits per heavy atom.